The number of amides is 1. The zero-order chi connectivity index (χ0) is 18.5. The minimum absolute atomic E-state index is 0.0561. The monoisotopic (exact) mass is 351 g/mol. The molecule has 0 spiro atoms. The summed E-state index contributed by atoms with van der Waals surface area (Å²) in [7, 11) is 4.06. The number of nitrogens with zero attached hydrogens (tertiary/aromatic N) is 2. The van der Waals surface area contributed by atoms with E-state index in [-0.39, 0.29) is 5.91 Å². The lowest BCUT2D eigenvalue weighted by molar-refractivity contribution is 0.102. The first-order valence-corrected chi connectivity index (χ1v) is 9.43. The third-order valence-electron chi connectivity index (χ3n) is 4.87. The Morgan fingerprint density at radius 2 is 1.85 bits per heavy atom. The van der Waals surface area contributed by atoms with Gasteiger partial charge in [0.1, 0.15) is 0 Å². The Morgan fingerprint density at radius 3 is 2.54 bits per heavy atom. The van der Waals surface area contributed by atoms with Crippen LogP contribution in [-0.2, 0) is 6.54 Å². The maximum Gasteiger partial charge on any atom is 0.255 e. The van der Waals surface area contributed by atoms with Crippen LogP contribution in [0.1, 0.15) is 40.7 Å². The fraction of sp³-hybridized carbons (Fsp3) is 0.409. The second-order valence-corrected chi connectivity index (χ2v) is 7.44. The molecule has 1 saturated heterocycles. The molecule has 1 N–H and O–H groups in total. The fourth-order valence-electron chi connectivity index (χ4n) is 3.51. The second kappa shape index (κ2) is 8.37. The van der Waals surface area contributed by atoms with Gasteiger partial charge in [0.15, 0.2) is 0 Å². The molecule has 4 nitrogen and oxygen atoms in total. The van der Waals surface area contributed by atoms with Gasteiger partial charge >= 0.3 is 0 Å². The first-order valence-electron chi connectivity index (χ1n) is 9.43. The van der Waals surface area contributed by atoms with E-state index in [1.807, 2.05) is 38.4 Å². The highest BCUT2D eigenvalue weighted by atomic mass is 16.1. The summed E-state index contributed by atoms with van der Waals surface area (Å²) in [5, 5.41) is 3.07. The van der Waals surface area contributed by atoms with Crippen LogP contribution < -0.4 is 10.2 Å². The van der Waals surface area contributed by atoms with Gasteiger partial charge in [0.25, 0.3) is 5.91 Å². The average Bonchev–Trinajstić information content (AvgIpc) is 2.63. The number of carbonyl (C=O) groups excluding carboxylic acids is 1. The van der Waals surface area contributed by atoms with E-state index in [0.717, 1.165) is 36.4 Å². The van der Waals surface area contributed by atoms with Crippen molar-refractivity contribution in [2.24, 2.45) is 0 Å². The molecule has 1 amide bonds. The topological polar surface area (TPSA) is 35.6 Å². The zero-order valence-corrected chi connectivity index (χ0v) is 16.1. The van der Waals surface area contributed by atoms with Crippen molar-refractivity contribution in [3.8, 4) is 0 Å². The molecule has 26 heavy (non-hydrogen) atoms. The number of anilines is 2. The molecule has 0 aliphatic carbocycles. The van der Waals surface area contributed by atoms with Crippen LogP contribution in [0.25, 0.3) is 0 Å². The van der Waals surface area contributed by atoms with Crippen LogP contribution >= 0.6 is 0 Å². The van der Waals surface area contributed by atoms with E-state index < -0.39 is 0 Å². The van der Waals surface area contributed by atoms with Gasteiger partial charge in [-0.3, -0.25) is 4.79 Å². The maximum absolute atomic E-state index is 12.7. The summed E-state index contributed by atoms with van der Waals surface area (Å²) in [5.74, 6) is -0.0561. The van der Waals surface area contributed by atoms with Crippen LogP contribution in [-0.4, -0.2) is 38.0 Å². The molecule has 0 radical (unpaired) electrons. The van der Waals surface area contributed by atoms with Crippen LogP contribution in [0.2, 0.25) is 0 Å². The SMILES string of the molecule is Cc1cc(N2CCCCC2)ccc1NC(=O)c1cccc(CN(C)C)c1. The van der Waals surface area contributed by atoms with Crippen molar-refractivity contribution in [2.45, 2.75) is 32.7 Å². The molecule has 2 aromatic rings. The predicted molar refractivity (Wildman–Crippen MR) is 109 cm³/mol. The summed E-state index contributed by atoms with van der Waals surface area (Å²) in [6.45, 7) is 5.14. The number of nitrogens with one attached hydrogen (secondary N) is 1. The molecule has 1 fully saturated rings. The van der Waals surface area contributed by atoms with Gasteiger partial charge in [0, 0.05) is 36.6 Å². The van der Waals surface area contributed by atoms with E-state index in [9.17, 15) is 4.79 Å². The van der Waals surface area contributed by atoms with Crippen LogP contribution in [0, 0.1) is 6.92 Å². The van der Waals surface area contributed by atoms with Crippen molar-refractivity contribution < 1.29 is 4.79 Å². The van der Waals surface area contributed by atoms with Crippen molar-refractivity contribution in [3.63, 3.8) is 0 Å². The normalized spacial score (nSPS) is 14.5. The van der Waals surface area contributed by atoms with E-state index >= 15 is 0 Å². The highest BCUT2D eigenvalue weighted by Gasteiger charge is 2.13. The number of hydrogen-bond acceptors (Lipinski definition) is 3. The highest BCUT2D eigenvalue weighted by Crippen LogP contribution is 2.25. The van der Waals surface area contributed by atoms with Crippen LogP contribution in [0.3, 0.4) is 0 Å². The Bertz CT molecular complexity index is 764. The molecule has 1 heterocycles. The molecule has 0 atom stereocenters. The smallest absolute Gasteiger partial charge is 0.255 e. The molecule has 1 aliphatic heterocycles. The van der Waals surface area contributed by atoms with E-state index in [1.54, 1.807) is 0 Å². The summed E-state index contributed by atoms with van der Waals surface area (Å²) in [4.78, 5) is 17.2. The van der Waals surface area contributed by atoms with Gasteiger partial charge in [-0.05, 0) is 81.7 Å². The molecule has 0 saturated carbocycles. The standard InChI is InChI=1S/C22H29N3O/c1-17-14-20(25-12-5-4-6-13-25)10-11-21(17)23-22(26)19-9-7-8-18(15-19)16-24(2)3/h7-11,14-15H,4-6,12-13,16H2,1-3H3,(H,23,26). The van der Waals surface area contributed by atoms with Gasteiger partial charge in [0.2, 0.25) is 0 Å². The van der Waals surface area contributed by atoms with Crippen molar-refractivity contribution in [1.82, 2.24) is 4.90 Å². The minimum atomic E-state index is -0.0561. The number of hydrogen-bond donors (Lipinski definition) is 1. The Labute approximate surface area is 156 Å². The van der Waals surface area contributed by atoms with Crippen molar-refractivity contribution in [3.05, 3.63) is 59.2 Å². The first-order chi connectivity index (χ1) is 12.5. The Balaban J connectivity index is 1.71. The lowest BCUT2D eigenvalue weighted by Gasteiger charge is -2.29. The molecule has 0 aromatic heterocycles. The number of benzene rings is 2. The summed E-state index contributed by atoms with van der Waals surface area (Å²) in [5.41, 5.74) is 5.08. The highest BCUT2D eigenvalue weighted by molar-refractivity contribution is 6.04. The van der Waals surface area contributed by atoms with Gasteiger partial charge in [-0.2, -0.15) is 0 Å². The number of carbonyl (C=O) groups is 1. The van der Waals surface area contributed by atoms with Crippen LogP contribution in [0.4, 0.5) is 11.4 Å². The summed E-state index contributed by atoms with van der Waals surface area (Å²) in [6.07, 6.45) is 3.86. The third kappa shape index (κ3) is 4.64. The van der Waals surface area contributed by atoms with Crippen molar-refractivity contribution in [2.75, 3.05) is 37.4 Å². The molecule has 2 aromatic carbocycles. The van der Waals surface area contributed by atoms with E-state index in [0.29, 0.717) is 5.56 Å². The van der Waals surface area contributed by atoms with E-state index in [2.05, 4.69) is 40.2 Å². The van der Waals surface area contributed by atoms with Crippen molar-refractivity contribution >= 4 is 17.3 Å². The molecule has 1 aliphatic rings. The molecule has 0 unspecified atom stereocenters. The quantitative estimate of drug-likeness (QED) is 0.872. The van der Waals surface area contributed by atoms with Crippen LogP contribution in [0.15, 0.2) is 42.5 Å². The molecule has 3 rings (SSSR count). The second-order valence-electron chi connectivity index (χ2n) is 7.44. The predicted octanol–water partition coefficient (Wildman–Crippen LogP) is 4.30. The lowest BCUT2D eigenvalue weighted by atomic mass is 10.1. The number of rotatable bonds is 5. The Morgan fingerprint density at radius 1 is 1.08 bits per heavy atom. The van der Waals surface area contributed by atoms with E-state index in [1.165, 1.54) is 24.9 Å². The van der Waals surface area contributed by atoms with Gasteiger partial charge < -0.3 is 15.1 Å². The van der Waals surface area contributed by atoms with E-state index in [4.69, 9.17) is 0 Å². The first kappa shape index (κ1) is 18.5. The van der Waals surface area contributed by atoms with Gasteiger partial charge in [0.05, 0.1) is 0 Å². The third-order valence-corrected chi connectivity index (χ3v) is 4.87. The molecular weight excluding hydrogens is 322 g/mol. The molecule has 138 valence electrons. The Kier molecular flexibility index (Phi) is 5.94. The summed E-state index contributed by atoms with van der Waals surface area (Å²) in [6, 6.07) is 14.2. The summed E-state index contributed by atoms with van der Waals surface area (Å²) < 4.78 is 0. The fourth-order valence-corrected chi connectivity index (χ4v) is 3.51. The van der Waals surface area contributed by atoms with Crippen LogP contribution in [0.5, 0.6) is 0 Å². The molecular formula is C22H29N3O. The molecule has 4 heteroatoms. The largest absolute Gasteiger partial charge is 0.372 e. The van der Waals surface area contributed by atoms with Gasteiger partial charge in [-0.1, -0.05) is 12.1 Å². The zero-order valence-electron chi connectivity index (χ0n) is 16.1. The lowest BCUT2D eigenvalue weighted by Crippen LogP contribution is -2.29. The molecule has 0 bridgehead atoms. The number of aryl methyl sites for hydroxylation is 1. The maximum atomic E-state index is 12.7. The van der Waals surface area contributed by atoms with Gasteiger partial charge in [-0.15, -0.1) is 0 Å². The minimum Gasteiger partial charge on any atom is -0.372 e. The number of piperidine rings is 1. The van der Waals surface area contributed by atoms with Gasteiger partial charge in [-0.25, -0.2) is 0 Å². The van der Waals surface area contributed by atoms with Crippen molar-refractivity contribution in [1.29, 1.82) is 0 Å². The Hall–Kier alpha value is -2.33. The summed E-state index contributed by atoms with van der Waals surface area (Å²) >= 11 is 0. The average molecular weight is 351 g/mol.